The van der Waals surface area contributed by atoms with Crippen LogP contribution in [0.4, 0.5) is 4.39 Å². The predicted octanol–water partition coefficient (Wildman–Crippen LogP) is 3.95. The van der Waals surface area contributed by atoms with Gasteiger partial charge in [0.1, 0.15) is 11.6 Å². The van der Waals surface area contributed by atoms with Gasteiger partial charge >= 0.3 is 0 Å². The summed E-state index contributed by atoms with van der Waals surface area (Å²) in [7, 11) is 0. The highest BCUT2D eigenvalue weighted by atomic mass is 19.1. The van der Waals surface area contributed by atoms with Crippen molar-refractivity contribution in [3.8, 4) is 5.75 Å². The normalized spacial score (nSPS) is 29.0. The fraction of sp³-hybridized carbons (Fsp3) is 0.478. The van der Waals surface area contributed by atoms with Gasteiger partial charge in [0.2, 0.25) is 0 Å². The SMILES string of the molecule is CC(CN1C[C@@H]2C[C@@](O)(Cc3ccccc3F)C[C@@H]2C1)c1ccc(O)cc1. The summed E-state index contributed by atoms with van der Waals surface area (Å²) < 4.78 is 14.0. The molecule has 0 radical (unpaired) electrons. The first-order valence-corrected chi connectivity index (χ1v) is 9.89. The van der Waals surface area contributed by atoms with E-state index in [1.165, 1.54) is 11.6 Å². The molecule has 1 saturated heterocycles. The van der Waals surface area contributed by atoms with Crippen molar-refractivity contribution in [2.24, 2.45) is 11.8 Å². The van der Waals surface area contributed by atoms with E-state index in [-0.39, 0.29) is 5.82 Å². The third-order valence-electron chi connectivity index (χ3n) is 6.41. The summed E-state index contributed by atoms with van der Waals surface area (Å²) in [6.07, 6.45) is 1.93. The smallest absolute Gasteiger partial charge is 0.126 e. The van der Waals surface area contributed by atoms with Crippen LogP contribution in [-0.2, 0) is 6.42 Å². The molecule has 2 aromatic rings. The molecule has 1 saturated carbocycles. The molecule has 1 aliphatic carbocycles. The number of nitrogens with zero attached hydrogens (tertiary/aromatic N) is 1. The Kier molecular flexibility index (Phi) is 4.95. The van der Waals surface area contributed by atoms with Gasteiger partial charge in [0.05, 0.1) is 5.60 Å². The molecule has 27 heavy (non-hydrogen) atoms. The Bertz CT molecular complexity index is 777. The van der Waals surface area contributed by atoms with Crippen LogP contribution in [0.5, 0.6) is 5.75 Å². The lowest BCUT2D eigenvalue weighted by Gasteiger charge is -2.27. The topological polar surface area (TPSA) is 43.7 Å². The van der Waals surface area contributed by atoms with E-state index in [4.69, 9.17) is 0 Å². The first-order valence-electron chi connectivity index (χ1n) is 9.89. The molecule has 2 fully saturated rings. The third kappa shape index (κ3) is 4.02. The summed E-state index contributed by atoms with van der Waals surface area (Å²) >= 11 is 0. The molecule has 0 aromatic heterocycles. The Balaban J connectivity index is 1.34. The van der Waals surface area contributed by atoms with Crippen molar-refractivity contribution >= 4 is 0 Å². The van der Waals surface area contributed by atoms with Crippen LogP contribution in [0, 0.1) is 17.7 Å². The molecular weight excluding hydrogens is 341 g/mol. The third-order valence-corrected chi connectivity index (χ3v) is 6.41. The zero-order chi connectivity index (χ0) is 19.0. The number of phenols is 1. The van der Waals surface area contributed by atoms with E-state index in [0.717, 1.165) is 32.5 Å². The molecule has 144 valence electrons. The summed E-state index contributed by atoms with van der Waals surface area (Å²) in [5.41, 5.74) is 1.09. The van der Waals surface area contributed by atoms with Gasteiger partial charge in [0.25, 0.3) is 0 Å². The van der Waals surface area contributed by atoms with Gasteiger partial charge in [0, 0.05) is 26.1 Å². The van der Waals surface area contributed by atoms with Crippen molar-refractivity contribution in [2.45, 2.75) is 37.7 Å². The van der Waals surface area contributed by atoms with E-state index < -0.39 is 5.60 Å². The van der Waals surface area contributed by atoms with Crippen LogP contribution in [0.25, 0.3) is 0 Å². The quantitative estimate of drug-likeness (QED) is 0.839. The largest absolute Gasteiger partial charge is 0.508 e. The Morgan fingerprint density at radius 1 is 1.07 bits per heavy atom. The van der Waals surface area contributed by atoms with Crippen molar-refractivity contribution in [1.82, 2.24) is 4.90 Å². The van der Waals surface area contributed by atoms with Crippen LogP contribution < -0.4 is 0 Å². The van der Waals surface area contributed by atoms with E-state index in [2.05, 4.69) is 11.8 Å². The lowest BCUT2D eigenvalue weighted by molar-refractivity contribution is 0.0345. The number of aliphatic hydroxyl groups is 1. The lowest BCUT2D eigenvalue weighted by atomic mass is 9.91. The number of halogens is 1. The Morgan fingerprint density at radius 2 is 1.70 bits per heavy atom. The summed E-state index contributed by atoms with van der Waals surface area (Å²) in [5, 5.41) is 20.5. The standard InChI is InChI=1S/C23H28FNO2/c1-16(17-6-8-21(26)9-7-17)13-25-14-19-11-23(27,12-20(19)15-25)10-18-4-2-3-5-22(18)24/h2-9,16,19-20,26-27H,10-15H2,1H3/t16?,19-,20+,23-. The van der Waals surface area contributed by atoms with E-state index in [1.54, 1.807) is 24.3 Å². The van der Waals surface area contributed by atoms with E-state index >= 15 is 0 Å². The molecule has 4 heteroatoms. The number of hydrogen-bond acceptors (Lipinski definition) is 3. The average molecular weight is 369 g/mol. The number of benzene rings is 2. The number of likely N-dealkylation sites (tertiary alicyclic amines) is 1. The maximum Gasteiger partial charge on any atom is 0.126 e. The minimum absolute atomic E-state index is 0.215. The highest BCUT2D eigenvalue weighted by Gasteiger charge is 2.48. The van der Waals surface area contributed by atoms with Crippen molar-refractivity contribution in [2.75, 3.05) is 19.6 Å². The molecule has 0 spiro atoms. The van der Waals surface area contributed by atoms with Gasteiger partial charge in [-0.05, 0) is 59.9 Å². The number of aromatic hydroxyl groups is 1. The molecule has 2 N–H and O–H groups in total. The molecule has 0 amide bonds. The molecule has 1 heterocycles. The first kappa shape index (κ1) is 18.5. The van der Waals surface area contributed by atoms with Gasteiger partial charge in [-0.25, -0.2) is 4.39 Å². The average Bonchev–Trinajstić information content (AvgIpc) is 3.11. The molecule has 2 aromatic carbocycles. The van der Waals surface area contributed by atoms with Crippen molar-refractivity contribution in [1.29, 1.82) is 0 Å². The van der Waals surface area contributed by atoms with Crippen molar-refractivity contribution in [3.05, 3.63) is 65.5 Å². The molecule has 3 nitrogen and oxygen atoms in total. The summed E-state index contributed by atoms with van der Waals surface area (Å²) in [4.78, 5) is 2.50. The minimum Gasteiger partial charge on any atom is -0.508 e. The monoisotopic (exact) mass is 369 g/mol. The highest BCUT2D eigenvalue weighted by Crippen LogP contribution is 2.45. The van der Waals surface area contributed by atoms with Gasteiger partial charge in [0.15, 0.2) is 0 Å². The second-order valence-electron chi connectivity index (χ2n) is 8.63. The minimum atomic E-state index is -0.772. The van der Waals surface area contributed by atoms with Crippen LogP contribution in [0.15, 0.2) is 48.5 Å². The number of fused-ring (bicyclic) bond motifs is 1. The van der Waals surface area contributed by atoms with Crippen LogP contribution >= 0.6 is 0 Å². The Morgan fingerprint density at radius 3 is 2.33 bits per heavy atom. The first-order chi connectivity index (χ1) is 12.9. The van der Waals surface area contributed by atoms with E-state index in [9.17, 15) is 14.6 Å². The van der Waals surface area contributed by atoms with Crippen molar-refractivity contribution < 1.29 is 14.6 Å². The van der Waals surface area contributed by atoms with Gasteiger partial charge < -0.3 is 15.1 Å². The zero-order valence-electron chi connectivity index (χ0n) is 15.8. The molecule has 4 rings (SSSR count). The Hall–Kier alpha value is -1.91. The fourth-order valence-electron chi connectivity index (χ4n) is 5.14. The molecule has 0 bridgehead atoms. The predicted molar refractivity (Wildman–Crippen MR) is 104 cm³/mol. The fourth-order valence-corrected chi connectivity index (χ4v) is 5.14. The molecule has 4 atom stereocenters. The van der Waals surface area contributed by atoms with Crippen LogP contribution in [0.2, 0.25) is 0 Å². The molecule has 1 unspecified atom stereocenters. The maximum absolute atomic E-state index is 14.0. The van der Waals surface area contributed by atoms with Gasteiger partial charge in [-0.1, -0.05) is 37.3 Å². The molecular formula is C23H28FNO2. The maximum atomic E-state index is 14.0. The van der Waals surface area contributed by atoms with Gasteiger partial charge in [-0.3, -0.25) is 0 Å². The number of phenolic OH excluding ortho intramolecular Hbond substituents is 1. The second kappa shape index (κ2) is 7.25. The van der Waals surface area contributed by atoms with Crippen molar-refractivity contribution in [3.63, 3.8) is 0 Å². The zero-order valence-corrected chi connectivity index (χ0v) is 15.8. The number of rotatable bonds is 5. The van der Waals surface area contributed by atoms with Crippen LogP contribution in [-0.4, -0.2) is 40.3 Å². The Labute approximate surface area is 160 Å². The van der Waals surface area contributed by atoms with Gasteiger partial charge in [-0.15, -0.1) is 0 Å². The van der Waals surface area contributed by atoms with E-state index in [1.807, 2.05) is 18.2 Å². The lowest BCUT2D eigenvalue weighted by Crippen LogP contribution is -2.33. The van der Waals surface area contributed by atoms with Crippen LogP contribution in [0.1, 0.15) is 36.8 Å². The summed E-state index contributed by atoms with van der Waals surface area (Å²) in [5.74, 6) is 1.48. The highest BCUT2D eigenvalue weighted by molar-refractivity contribution is 5.28. The van der Waals surface area contributed by atoms with Gasteiger partial charge in [-0.2, -0.15) is 0 Å². The summed E-state index contributed by atoms with van der Waals surface area (Å²) in [6, 6.07) is 14.3. The second-order valence-corrected chi connectivity index (χ2v) is 8.63. The number of hydrogen-bond donors (Lipinski definition) is 2. The summed E-state index contributed by atoms with van der Waals surface area (Å²) in [6.45, 7) is 5.22. The van der Waals surface area contributed by atoms with E-state index in [0.29, 0.717) is 35.5 Å². The molecule has 1 aliphatic heterocycles. The van der Waals surface area contributed by atoms with Crippen LogP contribution in [0.3, 0.4) is 0 Å². The molecule has 2 aliphatic rings.